The van der Waals surface area contributed by atoms with Crippen LogP contribution in [-0.2, 0) is 0 Å². The molecule has 0 saturated heterocycles. The maximum absolute atomic E-state index is 8.15. The maximum atomic E-state index is 8.15. The highest BCUT2D eigenvalue weighted by molar-refractivity contribution is 5.20. The van der Waals surface area contributed by atoms with E-state index in [4.69, 9.17) is 9.94 Å². The molecular weight excluding hydrogens is 130 g/mol. The number of rotatable bonds is 3. The molecule has 0 atom stereocenters. The molecule has 0 heterocycles. The van der Waals surface area contributed by atoms with Crippen LogP contribution in [0.2, 0.25) is 0 Å². The molecule has 0 saturated carbocycles. The summed E-state index contributed by atoms with van der Waals surface area (Å²) >= 11 is 0. The Bertz CT molecular complexity index is 176. The van der Waals surface area contributed by atoms with Crippen LogP contribution >= 0.6 is 0 Å². The van der Waals surface area contributed by atoms with Crippen LogP contribution in [0, 0.1) is 0 Å². The van der Waals surface area contributed by atoms with Gasteiger partial charge in [-0.2, -0.15) is 5.48 Å². The lowest BCUT2D eigenvalue weighted by Gasteiger charge is -2.01. The molecule has 0 radical (unpaired) electrons. The smallest absolute Gasteiger partial charge is 0.160 e. The number of para-hydroxylation sites is 1. The second-order valence-corrected chi connectivity index (χ2v) is 1.76. The average Bonchev–Trinajstić information content (AvgIpc) is 2.03. The third-order valence-corrected chi connectivity index (χ3v) is 1.05. The van der Waals surface area contributed by atoms with E-state index in [1.165, 1.54) is 0 Å². The van der Waals surface area contributed by atoms with E-state index in [1.807, 2.05) is 35.8 Å². The Morgan fingerprint density at radius 1 is 1.30 bits per heavy atom. The molecule has 0 aliphatic heterocycles. The van der Waals surface area contributed by atoms with E-state index in [2.05, 4.69) is 0 Å². The number of benzene rings is 1. The van der Waals surface area contributed by atoms with Crippen molar-refractivity contribution < 1.29 is 9.94 Å². The number of ether oxygens (including phenoxy) is 1. The highest BCUT2D eigenvalue weighted by Gasteiger charge is 1.86. The predicted octanol–water partition coefficient (Wildman–Crippen LogP) is 1.00. The number of hydrogen-bond donors (Lipinski definition) is 2. The Hall–Kier alpha value is -1.06. The molecule has 0 spiro atoms. The molecule has 2 N–H and O–H groups in total. The van der Waals surface area contributed by atoms with Gasteiger partial charge in [0.1, 0.15) is 5.75 Å². The van der Waals surface area contributed by atoms with Crippen molar-refractivity contribution in [3.05, 3.63) is 30.3 Å². The highest BCUT2D eigenvalue weighted by Crippen LogP contribution is 2.06. The Morgan fingerprint density at radius 3 is 2.60 bits per heavy atom. The van der Waals surface area contributed by atoms with Gasteiger partial charge < -0.3 is 9.94 Å². The van der Waals surface area contributed by atoms with Gasteiger partial charge in [0, 0.05) is 0 Å². The van der Waals surface area contributed by atoms with Crippen molar-refractivity contribution in [2.45, 2.75) is 0 Å². The normalized spacial score (nSPS) is 9.30. The van der Waals surface area contributed by atoms with Crippen LogP contribution in [0.4, 0.5) is 0 Å². The first-order valence-corrected chi connectivity index (χ1v) is 2.98. The van der Waals surface area contributed by atoms with Crippen LogP contribution in [0.5, 0.6) is 5.75 Å². The van der Waals surface area contributed by atoms with E-state index < -0.39 is 0 Å². The molecule has 0 bridgehead atoms. The van der Waals surface area contributed by atoms with E-state index in [1.54, 1.807) is 0 Å². The van der Waals surface area contributed by atoms with Crippen LogP contribution in [0.1, 0.15) is 0 Å². The van der Waals surface area contributed by atoms with E-state index in [9.17, 15) is 0 Å². The van der Waals surface area contributed by atoms with Gasteiger partial charge in [-0.25, -0.2) is 0 Å². The fraction of sp³-hybridized carbons (Fsp3) is 0.143. The Labute approximate surface area is 59.2 Å². The lowest BCUT2D eigenvalue weighted by atomic mass is 10.3. The Kier molecular flexibility index (Phi) is 2.73. The zero-order valence-corrected chi connectivity index (χ0v) is 5.45. The minimum absolute atomic E-state index is 0.115. The summed E-state index contributed by atoms with van der Waals surface area (Å²) in [6.07, 6.45) is 0. The summed E-state index contributed by atoms with van der Waals surface area (Å²) in [6, 6.07) is 9.27. The van der Waals surface area contributed by atoms with Gasteiger partial charge in [-0.3, -0.25) is 0 Å². The van der Waals surface area contributed by atoms with E-state index in [-0.39, 0.29) is 6.73 Å². The zero-order valence-electron chi connectivity index (χ0n) is 5.45. The molecule has 3 heteroatoms. The van der Waals surface area contributed by atoms with Crippen LogP contribution in [0.15, 0.2) is 30.3 Å². The third-order valence-electron chi connectivity index (χ3n) is 1.05. The number of nitrogens with one attached hydrogen (secondary N) is 1. The lowest BCUT2D eigenvalue weighted by Crippen LogP contribution is -2.14. The molecule has 1 aromatic carbocycles. The van der Waals surface area contributed by atoms with Gasteiger partial charge in [0.2, 0.25) is 0 Å². The highest BCUT2D eigenvalue weighted by atomic mass is 16.6. The first kappa shape index (κ1) is 7.05. The zero-order chi connectivity index (χ0) is 7.23. The van der Waals surface area contributed by atoms with E-state index in [0.717, 1.165) is 5.75 Å². The molecular formula is C7H9NO2. The molecule has 54 valence electrons. The molecule has 1 aromatic rings. The van der Waals surface area contributed by atoms with Gasteiger partial charge in [-0.05, 0) is 12.1 Å². The minimum atomic E-state index is 0.115. The SMILES string of the molecule is ONCOc1ccccc1. The third kappa shape index (κ3) is 2.05. The van der Waals surface area contributed by atoms with E-state index in [0.29, 0.717) is 0 Å². The summed E-state index contributed by atoms with van der Waals surface area (Å²) in [6.45, 7) is 0.115. The molecule has 10 heavy (non-hydrogen) atoms. The second-order valence-electron chi connectivity index (χ2n) is 1.76. The molecule has 1 rings (SSSR count). The van der Waals surface area contributed by atoms with Crippen molar-refractivity contribution in [1.82, 2.24) is 5.48 Å². The lowest BCUT2D eigenvalue weighted by molar-refractivity contribution is 0.0917. The quantitative estimate of drug-likeness (QED) is 0.485. The van der Waals surface area contributed by atoms with Gasteiger partial charge in [0.15, 0.2) is 6.73 Å². The topological polar surface area (TPSA) is 41.5 Å². The first-order valence-electron chi connectivity index (χ1n) is 2.98. The van der Waals surface area contributed by atoms with Crippen LogP contribution in [0.25, 0.3) is 0 Å². The summed E-state index contributed by atoms with van der Waals surface area (Å²) < 4.78 is 4.99. The Balaban J connectivity index is 2.43. The summed E-state index contributed by atoms with van der Waals surface area (Å²) in [5.74, 6) is 0.740. The molecule has 3 nitrogen and oxygen atoms in total. The Morgan fingerprint density at radius 2 is 2.00 bits per heavy atom. The summed E-state index contributed by atoms with van der Waals surface area (Å²) in [5.41, 5.74) is 1.89. The van der Waals surface area contributed by atoms with Crippen molar-refractivity contribution >= 4 is 0 Å². The first-order chi connectivity index (χ1) is 4.93. The molecule has 0 fully saturated rings. The number of hydroxylamine groups is 1. The van der Waals surface area contributed by atoms with Crippen molar-refractivity contribution in [2.75, 3.05) is 6.73 Å². The number of hydrogen-bond acceptors (Lipinski definition) is 3. The standard InChI is InChI=1S/C7H9NO2/c9-8-6-10-7-4-2-1-3-5-7/h1-5,8-9H,6H2. The molecule has 0 aliphatic carbocycles. The van der Waals surface area contributed by atoms with Crippen molar-refractivity contribution in [2.24, 2.45) is 0 Å². The van der Waals surface area contributed by atoms with Crippen molar-refractivity contribution in [1.29, 1.82) is 0 Å². The van der Waals surface area contributed by atoms with Crippen LogP contribution in [0.3, 0.4) is 0 Å². The van der Waals surface area contributed by atoms with Crippen LogP contribution < -0.4 is 10.2 Å². The van der Waals surface area contributed by atoms with Crippen LogP contribution in [-0.4, -0.2) is 11.9 Å². The van der Waals surface area contributed by atoms with Gasteiger partial charge in [0.25, 0.3) is 0 Å². The monoisotopic (exact) mass is 139 g/mol. The van der Waals surface area contributed by atoms with Gasteiger partial charge >= 0.3 is 0 Å². The second kappa shape index (κ2) is 3.87. The fourth-order valence-electron chi connectivity index (χ4n) is 0.632. The average molecular weight is 139 g/mol. The van der Waals surface area contributed by atoms with E-state index >= 15 is 0 Å². The van der Waals surface area contributed by atoms with Gasteiger partial charge in [-0.1, -0.05) is 18.2 Å². The maximum Gasteiger partial charge on any atom is 0.160 e. The summed E-state index contributed by atoms with van der Waals surface area (Å²) in [5, 5.41) is 8.15. The molecule has 0 unspecified atom stereocenters. The van der Waals surface area contributed by atoms with Gasteiger partial charge in [0.05, 0.1) is 0 Å². The predicted molar refractivity (Wildman–Crippen MR) is 36.9 cm³/mol. The van der Waals surface area contributed by atoms with Crippen molar-refractivity contribution in [3.63, 3.8) is 0 Å². The summed E-state index contributed by atoms with van der Waals surface area (Å²) in [4.78, 5) is 0. The molecule has 0 aromatic heterocycles. The van der Waals surface area contributed by atoms with Gasteiger partial charge in [-0.15, -0.1) is 0 Å². The van der Waals surface area contributed by atoms with Crippen molar-refractivity contribution in [3.8, 4) is 5.75 Å². The largest absolute Gasteiger partial charge is 0.476 e. The minimum Gasteiger partial charge on any atom is -0.476 e. The molecule has 0 aliphatic rings. The molecule has 0 amide bonds. The fourth-order valence-corrected chi connectivity index (χ4v) is 0.632. The summed E-state index contributed by atoms with van der Waals surface area (Å²) in [7, 11) is 0.